The van der Waals surface area contributed by atoms with E-state index in [0.29, 0.717) is 0 Å². The third-order valence-corrected chi connectivity index (χ3v) is 3.62. The summed E-state index contributed by atoms with van der Waals surface area (Å²) in [5, 5.41) is 9.34. The molecule has 0 spiro atoms. The number of nitriles is 1. The average molecular weight is 260 g/mol. The first-order valence-electron chi connectivity index (χ1n) is 6.92. The van der Waals surface area contributed by atoms with E-state index in [1.54, 1.807) is 0 Å². The van der Waals surface area contributed by atoms with E-state index in [-0.39, 0.29) is 0 Å². The summed E-state index contributed by atoms with van der Waals surface area (Å²) >= 11 is 0. The van der Waals surface area contributed by atoms with Gasteiger partial charge in [0.15, 0.2) is 0 Å². The Balaban J connectivity index is 2.13. The minimum absolute atomic E-state index is 0.891. The molecule has 0 fully saturated rings. The van der Waals surface area contributed by atoms with Crippen LogP contribution in [0.3, 0.4) is 0 Å². The van der Waals surface area contributed by atoms with Crippen LogP contribution in [0.4, 0.5) is 11.4 Å². The van der Waals surface area contributed by atoms with Crippen molar-refractivity contribution in [3.8, 4) is 6.07 Å². The second-order valence-corrected chi connectivity index (χ2v) is 4.90. The van der Waals surface area contributed by atoms with Crippen LogP contribution in [0, 0.1) is 11.3 Å². The second kappa shape index (κ2) is 5.63. The smallest absolute Gasteiger partial charge is 0.0965 e. The summed E-state index contributed by atoms with van der Waals surface area (Å²) < 4.78 is 0. The largest absolute Gasteiger partial charge is 0.313 e. The molecule has 0 unspecified atom stereocenters. The van der Waals surface area contributed by atoms with Crippen LogP contribution in [0.2, 0.25) is 0 Å². The monoisotopic (exact) mass is 260 g/mol. The molecule has 2 heteroatoms. The number of hydrogen-bond donors (Lipinski definition) is 0. The molecule has 0 N–H and O–H groups in total. The topological polar surface area (TPSA) is 27.0 Å². The number of anilines is 2. The van der Waals surface area contributed by atoms with Gasteiger partial charge in [-0.1, -0.05) is 36.4 Å². The lowest BCUT2D eigenvalue weighted by Crippen LogP contribution is -2.16. The molecule has 3 rings (SSSR count). The molecule has 98 valence electrons. The number of hydrogen-bond acceptors (Lipinski definition) is 2. The van der Waals surface area contributed by atoms with E-state index in [1.165, 1.54) is 0 Å². The lowest BCUT2D eigenvalue weighted by Gasteiger charge is -2.26. The van der Waals surface area contributed by atoms with Crippen LogP contribution in [-0.2, 0) is 0 Å². The highest BCUT2D eigenvalue weighted by Crippen LogP contribution is 2.37. The minimum atomic E-state index is 0.891. The molecule has 0 saturated carbocycles. The fraction of sp³-hybridized carbons (Fsp3) is 0.167. The van der Waals surface area contributed by atoms with Gasteiger partial charge in [-0.2, -0.15) is 5.26 Å². The lowest BCUT2D eigenvalue weighted by molar-refractivity contribution is 0.886. The molecule has 0 aromatic heterocycles. The zero-order valence-corrected chi connectivity index (χ0v) is 11.3. The van der Waals surface area contributed by atoms with Crippen molar-refractivity contribution in [3.63, 3.8) is 0 Å². The molecule has 20 heavy (non-hydrogen) atoms. The molecule has 0 atom stereocenters. The molecule has 0 heterocycles. The maximum Gasteiger partial charge on any atom is 0.0965 e. The summed E-state index contributed by atoms with van der Waals surface area (Å²) in [4.78, 5) is 2.21. The van der Waals surface area contributed by atoms with Gasteiger partial charge in [0.1, 0.15) is 0 Å². The molecule has 2 aromatic rings. The zero-order valence-electron chi connectivity index (χ0n) is 11.3. The molecule has 2 nitrogen and oxygen atoms in total. The van der Waals surface area contributed by atoms with E-state index >= 15 is 0 Å². The fourth-order valence-corrected chi connectivity index (χ4v) is 2.71. The van der Waals surface area contributed by atoms with Gasteiger partial charge in [0.2, 0.25) is 0 Å². The van der Waals surface area contributed by atoms with Crippen molar-refractivity contribution in [3.05, 3.63) is 71.9 Å². The van der Waals surface area contributed by atoms with Gasteiger partial charge in [-0.05, 0) is 43.5 Å². The molecular weight excluding hydrogens is 244 g/mol. The van der Waals surface area contributed by atoms with Crippen molar-refractivity contribution >= 4 is 11.4 Å². The predicted octanol–water partition coefficient (Wildman–Crippen LogP) is 4.79. The first kappa shape index (κ1) is 12.5. The highest BCUT2D eigenvalue weighted by molar-refractivity contribution is 5.69. The van der Waals surface area contributed by atoms with Crippen LogP contribution in [0.5, 0.6) is 0 Å². The zero-order chi connectivity index (χ0) is 13.8. The number of rotatable bonds is 3. The Kier molecular flexibility index (Phi) is 3.52. The minimum Gasteiger partial charge on any atom is -0.313 e. The van der Waals surface area contributed by atoms with Gasteiger partial charge in [-0.3, -0.25) is 0 Å². The molecule has 1 aliphatic carbocycles. The van der Waals surface area contributed by atoms with Crippen molar-refractivity contribution in [2.45, 2.75) is 19.3 Å². The van der Waals surface area contributed by atoms with Crippen LogP contribution < -0.4 is 4.90 Å². The summed E-state index contributed by atoms with van der Waals surface area (Å²) in [5.74, 6) is 0. The van der Waals surface area contributed by atoms with Crippen molar-refractivity contribution in [1.29, 1.82) is 5.26 Å². The number of para-hydroxylation sites is 2. The summed E-state index contributed by atoms with van der Waals surface area (Å²) in [7, 11) is 0. The molecule has 1 aliphatic rings. The van der Waals surface area contributed by atoms with E-state index < -0.39 is 0 Å². The lowest BCUT2D eigenvalue weighted by atomic mass is 10.1. The Labute approximate surface area is 119 Å². The summed E-state index contributed by atoms with van der Waals surface area (Å²) in [6, 6.07) is 22.9. The molecule has 2 aromatic carbocycles. The maximum atomic E-state index is 9.34. The van der Waals surface area contributed by atoms with Crippen molar-refractivity contribution < 1.29 is 0 Å². The van der Waals surface area contributed by atoms with E-state index in [4.69, 9.17) is 0 Å². The number of allylic oxidation sites excluding steroid dienone is 2. The van der Waals surface area contributed by atoms with E-state index in [9.17, 15) is 5.26 Å². The van der Waals surface area contributed by atoms with Gasteiger partial charge in [0.05, 0.1) is 6.07 Å². The maximum absolute atomic E-state index is 9.34. The van der Waals surface area contributed by atoms with E-state index in [0.717, 1.165) is 41.9 Å². The molecule has 0 radical (unpaired) electrons. The Morgan fingerprint density at radius 3 is 1.85 bits per heavy atom. The third-order valence-electron chi connectivity index (χ3n) is 3.62. The van der Waals surface area contributed by atoms with E-state index in [1.807, 2.05) is 36.4 Å². The summed E-state index contributed by atoms with van der Waals surface area (Å²) in [6.07, 6.45) is 2.92. The van der Waals surface area contributed by atoms with Gasteiger partial charge in [0.25, 0.3) is 0 Å². The normalized spacial score (nSPS) is 14.2. The van der Waals surface area contributed by atoms with Crippen molar-refractivity contribution in [2.75, 3.05) is 4.90 Å². The molecular formula is C18H16N2. The van der Waals surface area contributed by atoms with Crippen molar-refractivity contribution in [1.82, 2.24) is 0 Å². The van der Waals surface area contributed by atoms with Gasteiger partial charge >= 0.3 is 0 Å². The first-order chi connectivity index (χ1) is 9.90. The quantitative estimate of drug-likeness (QED) is 0.793. The number of benzene rings is 2. The Morgan fingerprint density at radius 2 is 1.35 bits per heavy atom. The molecule has 0 saturated heterocycles. The molecule has 0 bridgehead atoms. The van der Waals surface area contributed by atoms with Crippen LogP contribution in [0.15, 0.2) is 71.9 Å². The predicted molar refractivity (Wildman–Crippen MR) is 81.5 cm³/mol. The fourth-order valence-electron chi connectivity index (χ4n) is 2.71. The summed E-state index contributed by atoms with van der Waals surface area (Å²) in [5.41, 5.74) is 4.29. The van der Waals surface area contributed by atoms with Crippen LogP contribution >= 0.6 is 0 Å². The third kappa shape index (κ3) is 2.31. The van der Waals surface area contributed by atoms with Gasteiger partial charge < -0.3 is 4.90 Å². The van der Waals surface area contributed by atoms with Gasteiger partial charge in [-0.15, -0.1) is 0 Å². The Hall–Kier alpha value is -2.53. The average Bonchev–Trinajstić information content (AvgIpc) is 2.98. The van der Waals surface area contributed by atoms with Gasteiger partial charge in [-0.25, -0.2) is 0 Å². The number of nitrogens with zero attached hydrogens (tertiary/aromatic N) is 2. The van der Waals surface area contributed by atoms with Crippen LogP contribution in [-0.4, -0.2) is 0 Å². The Morgan fingerprint density at radius 1 is 0.800 bits per heavy atom. The van der Waals surface area contributed by atoms with Crippen molar-refractivity contribution in [2.24, 2.45) is 0 Å². The Bertz CT molecular complexity index is 611. The standard InChI is InChI=1S/C18H16N2/c19-14-15-8-7-13-18(15)20(16-9-3-1-4-10-16)17-11-5-2-6-12-17/h1-6,9-12H,7-8,13H2. The highest BCUT2D eigenvalue weighted by atomic mass is 15.2. The second-order valence-electron chi connectivity index (χ2n) is 4.90. The molecule has 0 aliphatic heterocycles. The first-order valence-corrected chi connectivity index (χ1v) is 6.92. The van der Waals surface area contributed by atoms with E-state index in [2.05, 4.69) is 35.2 Å². The van der Waals surface area contributed by atoms with Crippen LogP contribution in [0.1, 0.15) is 19.3 Å². The highest BCUT2D eigenvalue weighted by Gasteiger charge is 2.22. The molecule has 0 amide bonds. The summed E-state index contributed by atoms with van der Waals surface area (Å²) in [6.45, 7) is 0. The SMILES string of the molecule is N#CC1=C(N(c2ccccc2)c2ccccc2)CCC1. The van der Waals surface area contributed by atoms with Crippen LogP contribution in [0.25, 0.3) is 0 Å². The van der Waals surface area contributed by atoms with Gasteiger partial charge in [0, 0.05) is 22.6 Å².